The van der Waals surface area contributed by atoms with Crippen molar-refractivity contribution in [2.45, 2.75) is 23.8 Å². The molecule has 2 aromatic carbocycles. The number of hydrogen-bond donors (Lipinski definition) is 0. The molecule has 1 aliphatic heterocycles. The van der Waals surface area contributed by atoms with E-state index in [1.807, 2.05) is 0 Å². The van der Waals surface area contributed by atoms with E-state index in [0.29, 0.717) is 23.0 Å². The summed E-state index contributed by atoms with van der Waals surface area (Å²) in [5.74, 6) is -1.91. The zero-order chi connectivity index (χ0) is 20.4. The molecule has 1 aromatic heterocycles. The Morgan fingerprint density at radius 1 is 1.21 bits per heavy atom. The number of benzene rings is 2. The van der Waals surface area contributed by atoms with Crippen LogP contribution in [-0.4, -0.2) is 35.9 Å². The number of aromatic nitrogens is 1. The molecule has 1 aliphatic rings. The van der Waals surface area contributed by atoms with Crippen molar-refractivity contribution in [2.24, 2.45) is 0 Å². The summed E-state index contributed by atoms with van der Waals surface area (Å²) in [6, 6.07) is 7.87. The van der Waals surface area contributed by atoms with Crippen LogP contribution >= 0.6 is 23.1 Å². The third-order valence-corrected chi connectivity index (χ3v) is 6.54. The lowest BCUT2D eigenvalue weighted by Gasteiger charge is -2.23. The molecule has 1 saturated heterocycles. The molecule has 0 radical (unpaired) electrons. The van der Waals surface area contributed by atoms with Crippen LogP contribution in [0.4, 0.5) is 18.3 Å². The Balaban J connectivity index is 1.57. The maximum Gasteiger partial charge on any atom is 0.239 e. The van der Waals surface area contributed by atoms with Crippen LogP contribution in [0.5, 0.6) is 0 Å². The number of rotatable bonds is 6. The highest BCUT2D eigenvalue weighted by molar-refractivity contribution is 8.00. The van der Waals surface area contributed by atoms with Crippen LogP contribution < -0.4 is 4.90 Å². The van der Waals surface area contributed by atoms with Gasteiger partial charge in [-0.25, -0.2) is 18.2 Å². The van der Waals surface area contributed by atoms with Crippen molar-refractivity contribution in [3.8, 4) is 0 Å². The van der Waals surface area contributed by atoms with Crippen molar-refractivity contribution in [3.63, 3.8) is 0 Å². The molecular formula is C20H17F3N2O2S2. The number of hydrogen-bond acceptors (Lipinski definition) is 5. The Kier molecular flexibility index (Phi) is 6.07. The van der Waals surface area contributed by atoms with Crippen molar-refractivity contribution in [1.82, 2.24) is 4.98 Å². The van der Waals surface area contributed by atoms with Crippen LogP contribution in [0.2, 0.25) is 0 Å². The minimum Gasteiger partial charge on any atom is -0.376 e. The summed E-state index contributed by atoms with van der Waals surface area (Å²) in [4.78, 5) is 19.5. The van der Waals surface area contributed by atoms with E-state index in [1.54, 1.807) is 12.1 Å². The number of halogens is 3. The van der Waals surface area contributed by atoms with Gasteiger partial charge in [-0.15, -0.1) is 11.8 Å². The highest BCUT2D eigenvalue weighted by Crippen LogP contribution is 2.32. The van der Waals surface area contributed by atoms with Crippen LogP contribution in [0.3, 0.4) is 0 Å². The molecule has 4 rings (SSSR count). The molecule has 1 atom stereocenters. The first-order valence-corrected chi connectivity index (χ1v) is 10.9. The fraction of sp³-hybridized carbons (Fsp3) is 0.300. The number of thioether (sulfide) groups is 1. The van der Waals surface area contributed by atoms with Gasteiger partial charge in [0.15, 0.2) is 10.9 Å². The predicted octanol–water partition coefficient (Wildman–Crippen LogP) is 5.02. The van der Waals surface area contributed by atoms with E-state index in [9.17, 15) is 18.0 Å². The molecule has 0 bridgehead atoms. The molecule has 0 aliphatic carbocycles. The second-order valence-electron chi connectivity index (χ2n) is 6.61. The number of anilines is 1. The Hall–Kier alpha value is -2.10. The summed E-state index contributed by atoms with van der Waals surface area (Å²) >= 11 is 2.34. The van der Waals surface area contributed by atoms with Gasteiger partial charge in [0.1, 0.15) is 17.2 Å². The SMILES string of the molecule is O=C(CSc1ccc(F)cc1)N(CC1CCCO1)c1nc2c(F)cc(F)cc2s1. The van der Waals surface area contributed by atoms with E-state index in [4.69, 9.17) is 4.74 Å². The first kappa shape index (κ1) is 20.2. The molecule has 1 fully saturated rings. The molecule has 1 amide bonds. The van der Waals surface area contributed by atoms with Gasteiger partial charge in [0, 0.05) is 17.6 Å². The number of nitrogens with zero attached hydrogens (tertiary/aromatic N) is 2. The molecule has 1 unspecified atom stereocenters. The van der Waals surface area contributed by atoms with Gasteiger partial charge in [-0.3, -0.25) is 9.69 Å². The van der Waals surface area contributed by atoms with E-state index < -0.39 is 11.6 Å². The van der Waals surface area contributed by atoms with Crippen LogP contribution in [0, 0.1) is 17.5 Å². The van der Waals surface area contributed by atoms with Crippen molar-refractivity contribution in [1.29, 1.82) is 0 Å². The number of carbonyl (C=O) groups excluding carboxylic acids is 1. The minimum atomic E-state index is -0.757. The van der Waals surface area contributed by atoms with Gasteiger partial charge in [-0.05, 0) is 43.2 Å². The average Bonchev–Trinajstić information content (AvgIpc) is 3.35. The van der Waals surface area contributed by atoms with E-state index in [2.05, 4.69) is 4.98 Å². The van der Waals surface area contributed by atoms with Crippen molar-refractivity contribution in [2.75, 3.05) is 23.8 Å². The summed E-state index contributed by atoms with van der Waals surface area (Å²) in [5.41, 5.74) is 0.0442. The van der Waals surface area contributed by atoms with Gasteiger partial charge in [-0.2, -0.15) is 0 Å². The number of amides is 1. The quantitative estimate of drug-likeness (QED) is 0.507. The van der Waals surface area contributed by atoms with Gasteiger partial charge >= 0.3 is 0 Å². The Morgan fingerprint density at radius 3 is 2.72 bits per heavy atom. The molecular weight excluding hydrogens is 421 g/mol. The highest BCUT2D eigenvalue weighted by Gasteiger charge is 2.26. The Morgan fingerprint density at radius 2 is 2.00 bits per heavy atom. The van der Waals surface area contributed by atoms with E-state index in [-0.39, 0.29) is 29.1 Å². The fourth-order valence-electron chi connectivity index (χ4n) is 3.09. The Bertz CT molecular complexity index is 1020. The van der Waals surface area contributed by atoms with Crippen LogP contribution in [-0.2, 0) is 9.53 Å². The van der Waals surface area contributed by atoms with Gasteiger partial charge in [0.05, 0.1) is 23.1 Å². The zero-order valence-electron chi connectivity index (χ0n) is 15.2. The monoisotopic (exact) mass is 438 g/mol. The molecule has 4 nitrogen and oxygen atoms in total. The fourth-order valence-corrected chi connectivity index (χ4v) is 4.90. The second-order valence-corrected chi connectivity index (χ2v) is 8.67. The molecule has 0 N–H and O–H groups in total. The van der Waals surface area contributed by atoms with Gasteiger partial charge in [0.2, 0.25) is 5.91 Å². The normalized spacial score (nSPS) is 16.4. The summed E-state index contributed by atoms with van der Waals surface area (Å²) in [5, 5.41) is 0.310. The number of fused-ring (bicyclic) bond motifs is 1. The minimum absolute atomic E-state index is 0.0442. The van der Waals surface area contributed by atoms with Crippen molar-refractivity contribution >= 4 is 44.4 Å². The molecule has 3 aromatic rings. The molecule has 9 heteroatoms. The maximum atomic E-state index is 14.1. The lowest BCUT2D eigenvalue weighted by Crippen LogP contribution is -2.38. The third kappa shape index (κ3) is 4.73. The maximum absolute atomic E-state index is 14.1. The van der Waals surface area contributed by atoms with Crippen molar-refractivity contribution in [3.05, 3.63) is 53.8 Å². The van der Waals surface area contributed by atoms with E-state index in [0.717, 1.165) is 35.1 Å². The van der Waals surface area contributed by atoms with Gasteiger partial charge in [-0.1, -0.05) is 11.3 Å². The molecule has 152 valence electrons. The lowest BCUT2D eigenvalue weighted by molar-refractivity contribution is -0.116. The summed E-state index contributed by atoms with van der Waals surface area (Å²) in [7, 11) is 0. The van der Waals surface area contributed by atoms with Crippen LogP contribution in [0.15, 0.2) is 41.3 Å². The smallest absolute Gasteiger partial charge is 0.239 e. The largest absolute Gasteiger partial charge is 0.376 e. The average molecular weight is 438 g/mol. The topological polar surface area (TPSA) is 42.4 Å². The number of thiazole rings is 1. The molecule has 0 spiro atoms. The number of ether oxygens (including phenoxy) is 1. The van der Waals surface area contributed by atoms with Crippen molar-refractivity contribution < 1.29 is 22.7 Å². The predicted molar refractivity (Wildman–Crippen MR) is 108 cm³/mol. The van der Waals surface area contributed by atoms with Crippen LogP contribution in [0.1, 0.15) is 12.8 Å². The number of carbonyl (C=O) groups is 1. The third-order valence-electron chi connectivity index (χ3n) is 4.52. The van der Waals surface area contributed by atoms with E-state index >= 15 is 0 Å². The van der Waals surface area contributed by atoms with Crippen LogP contribution in [0.25, 0.3) is 10.2 Å². The highest BCUT2D eigenvalue weighted by atomic mass is 32.2. The molecule has 2 heterocycles. The zero-order valence-corrected chi connectivity index (χ0v) is 16.9. The Labute approximate surface area is 173 Å². The second kappa shape index (κ2) is 8.73. The van der Waals surface area contributed by atoms with E-state index in [1.165, 1.54) is 34.9 Å². The standard InChI is InChI=1S/C20H17F3N2O2S2/c21-12-3-5-15(6-4-12)28-11-18(26)25(10-14-2-1-7-27-14)20-24-19-16(23)8-13(22)9-17(19)29-20/h3-6,8-9,14H,1-2,7,10-11H2. The first-order chi connectivity index (χ1) is 14.0. The lowest BCUT2D eigenvalue weighted by atomic mass is 10.2. The van der Waals surface area contributed by atoms with Gasteiger partial charge < -0.3 is 4.74 Å². The molecule has 29 heavy (non-hydrogen) atoms. The van der Waals surface area contributed by atoms with Gasteiger partial charge in [0.25, 0.3) is 0 Å². The summed E-state index contributed by atoms with van der Waals surface area (Å²) < 4.78 is 46.7. The first-order valence-electron chi connectivity index (χ1n) is 9.05. The summed E-state index contributed by atoms with van der Waals surface area (Å²) in [6.45, 7) is 0.934. The summed E-state index contributed by atoms with van der Waals surface area (Å²) in [6.07, 6.45) is 1.61. The molecule has 0 saturated carbocycles.